The quantitative estimate of drug-likeness (QED) is 0.813. The van der Waals surface area contributed by atoms with Crippen molar-refractivity contribution in [2.45, 2.75) is 24.9 Å². The molecule has 1 amide bonds. The molecule has 1 atom stereocenters. The highest BCUT2D eigenvalue weighted by molar-refractivity contribution is 6.42. The normalized spacial score (nSPS) is 14.1. The molecule has 1 rings (SSSR count). The molecule has 3 N–H and O–H groups in total. The number of halogens is 2. The van der Waals surface area contributed by atoms with Crippen molar-refractivity contribution < 1.29 is 14.6 Å². The molecule has 1 unspecified atom stereocenters. The number of rotatable bonds is 7. The summed E-state index contributed by atoms with van der Waals surface area (Å²) in [4.78, 5) is 10.7. The molecule has 0 aromatic heterocycles. The molecule has 19 heavy (non-hydrogen) atoms. The van der Waals surface area contributed by atoms with Crippen LogP contribution in [-0.4, -0.2) is 24.7 Å². The number of carbonyl (C=O) groups is 1. The Kier molecular flexibility index (Phi) is 6.07. The highest BCUT2D eigenvalue weighted by Crippen LogP contribution is 2.32. The van der Waals surface area contributed by atoms with Gasteiger partial charge in [0, 0.05) is 13.5 Å². The fourth-order valence-electron chi connectivity index (χ4n) is 1.88. The lowest BCUT2D eigenvalue weighted by Crippen LogP contribution is -2.31. The zero-order chi connectivity index (χ0) is 14.5. The third-order valence-corrected chi connectivity index (χ3v) is 3.59. The average Bonchev–Trinajstić information content (AvgIpc) is 2.32. The van der Waals surface area contributed by atoms with Gasteiger partial charge in [-0.2, -0.15) is 0 Å². The van der Waals surface area contributed by atoms with Gasteiger partial charge in [-0.1, -0.05) is 29.3 Å². The van der Waals surface area contributed by atoms with Gasteiger partial charge in [0.15, 0.2) is 0 Å². The second-order valence-corrected chi connectivity index (χ2v) is 5.23. The molecule has 0 spiro atoms. The van der Waals surface area contributed by atoms with E-state index in [1.165, 1.54) is 7.11 Å². The fraction of sp³-hybridized carbons (Fsp3) is 0.462. The maximum Gasteiger partial charge on any atom is 0.217 e. The summed E-state index contributed by atoms with van der Waals surface area (Å²) < 4.78 is 5.05. The number of ether oxygens (including phenoxy) is 1. The van der Waals surface area contributed by atoms with Gasteiger partial charge in [0.2, 0.25) is 5.91 Å². The molecule has 0 saturated carbocycles. The zero-order valence-corrected chi connectivity index (χ0v) is 12.2. The summed E-state index contributed by atoms with van der Waals surface area (Å²) in [5, 5.41) is 11.4. The second-order valence-electron chi connectivity index (χ2n) is 4.41. The first kappa shape index (κ1) is 16.2. The van der Waals surface area contributed by atoms with E-state index in [1.807, 2.05) is 0 Å². The third kappa shape index (κ3) is 4.66. The van der Waals surface area contributed by atoms with Crippen molar-refractivity contribution >= 4 is 29.1 Å². The van der Waals surface area contributed by atoms with Crippen LogP contribution in [0, 0.1) is 0 Å². The summed E-state index contributed by atoms with van der Waals surface area (Å²) in [5.74, 6) is -0.395. The Morgan fingerprint density at radius 3 is 2.63 bits per heavy atom. The number of methoxy groups -OCH3 is 1. The molecule has 0 heterocycles. The molecule has 0 aliphatic rings. The third-order valence-electron chi connectivity index (χ3n) is 2.85. The molecule has 6 heteroatoms. The van der Waals surface area contributed by atoms with Crippen molar-refractivity contribution in [2.24, 2.45) is 5.73 Å². The Balaban J connectivity index is 2.90. The van der Waals surface area contributed by atoms with Crippen LogP contribution in [0.2, 0.25) is 10.0 Å². The van der Waals surface area contributed by atoms with Gasteiger partial charge in [-0.15, -0.1) is 0 Å². The zero-order valence-electron chi connectivity index (χ0n) is 10.7. The maximum atomic E-state index is 10.7. The number of benzene rings is 1. The van der Waals surface area contributed by atoms with Crippen molar-refractivity contribution in [1.29, 1.82) is 0 Å². The first-order valence-corrected chi connectivity index (χ1v) is 6.60. The Bertz CT molecular complexity index is 454. The van der Waals surface area contributed by atoms with E-state index in [1.54, 1.807) is 18.2 Å². The van der Waals surface area contributed by atoms with Crippen LogP contribution in [0.15, 0.2) is 18.2 Å². The fourth-order valence-corrected chi connectivity index (χ4v) is 2.18. The van der Waals surface area contributed by atoms with E-state index < -0.39 is 11.5 Å². The minimum Gasteiger partial charge on any atom is -0.383 e. The van der Waals surface area contributed by atoms with Gasteiger partial charge in [0.05, 0.1) is 16.7 Å². The second kappa shape index (κ2) is 7.10. The van der Waals surface area contributed by atoms with Gasteiger partial charge in [-0.05, 0) is 30.5 Å². The molecular formula is C13H17Cl2NO3. The molecule has 1 aromatic carbocycles. The molecule has 0 aliphatic carbocycles. The summed E-state index contributed by atoms with van der Waals surface area (Å²) in [7, 11) is 1.50. The Morgan fingerprint density at radius 2 is 2.11 bits per heavy atom. The molecule has 0 radical (unpaired) electrons. The van der Waals surface area contributed by atoms with Crippen LogP contribution in [0.1, 0.15) is 24.8 Å². The van der Waals surface area contributed by atoms with Gasteiger partial charge in [-0.25, -0.2) is 0 Å². The minimum atomic E-state index is -1.21. The average molecular weight is 306 g/mol. The number of carbonyl (C=O) groups excluding carboxylic acids is 1. The largest absolute Gasteiger partial charge is 0.383 e. The van der Waals surface area contributed by atoms with Crippen molar-refractivity contribution in [2.75, 3.05) is 13.7 Å². The van der Waals surface area contributed by atoms with Gasteiger partial charge < -0.3 is 15.6 Å². The number of nitrogens with two attached hydrogens (primary N) is 1. The number of hydrogen-bond acceptors (Lipinski definition) is 3. The van der Waals surface area contributed by atoms with Gasteiger partial charge in [0.1, 0.15) is 5.60 Å². The lowest BCUT2D eigenvalue weighted by molar-refractivity contribution is -0.118. The summed E-state index contributed by atoms with van der Waals surface area (Å²) >= 11 is 11.8. The predicted molar refractivity (Wildman–Crippen MR) is 75.3 cm³/mol. The van der Waals surface area contributed by atoms with E-state index in [0.717, 1.165) is 0 Å². The highest BCUT2D eigenvalue weighted by atomic mass is 35.5. The van der Waals surface area contributed by atoms with Crippen LogP contribution in [0.25, 0.3) is 0 Å². The van der Waals surface area contributed by atoms with Crippen molar-refractivity contribution in [3.8, 4) is 0 Å². The number of primary amides is 1. The van der Waals surface area contributed by atoms with Crippen molar-refractivity contribution in [3.63, 3.8) is 0 Å². The summed E-state index contributed by atoms with van der Waals surface area (Å²) in [6.45, 7) is 0.101. The van der Waals surface area contributed by atoms with Crippen LogP contribution < -0.4 is 5.73 Å². The number of hydrogen-bond donors (Lipinski definition) is 2. The monoisotopic (exact) mass is 305 g/mol. The lowest BCUT2D eigenvalue weighted by Gasteiger charge is -2.28. The van der Waals surface area contributed by atoms with Gasteiger partial charge in [-0.3, -0.25) is 4.79 Å². The van der Waals surface area contributed by atoms with E-state index >= 15 is 0 Å². The van der Waals surface area contributed by atoms with Crippen LogP contribution in [0.5, 0.6) is 0 Å². The van der Waals surface area contributed by atoms with Gasteiger partial charge >= 0.3 is 0 Å². The molecule has 0 fully saturated rings. The molecule has 106 valence electrons. The summed E-state index contributed by atoms with van der Waals surface area (Å²) in [6.07, 6.45) is 1.03. The highest BCUT2D eigenvalue weighted by Gasteiger charge is 2.29. The first-order chi connectivity index (χ1) is 8.89. The summed E-state index contributed by atoms with van der Waals surface area (Å²) in [6, 6.07) is 4.92. The molecular weight excluding hydrogens is 289 g/mol. The molecule has 0 bridgehead atoms. The smallest absolute Gasteiger partial charge is 0.217 e. The number of amides is 1. The first-order valence-electron chi connectivity index (χ1n) is 5.84. The lowest BCUT2D eigenvalue weighted by atomic mass is 9.89. The topological polar surface area (TPSA) is 72.6 Å². The SMILES string of the molecule is COCC(O)(CCCC(N)=O)c1ccc(Cl)c(Cl)c1. The minimum absolute atomic E-state index is 0.101. The standard InChI is InChI=1S/C13H17Cl2NO3/c1-19-8-13(18,6-2-3-12(16)17)9-4-5-10(14)11(15)7-9/h4-5,7,18H,2-3,6,8H2,1H3,(H2,16,17). The van der Waals surface area contributed by atoms with Crippen molar-refractivity contribution in [1.82, 2.24) is 0 Å². The van der Waals surface area contributed by atoms with Crippen LogP contribution >= 0.6 is 23.2 Å². The Labute approximate surface area is 122 Å². The van der Waals surface area contributed by atoms with E-state index in [0.29, 0.717) is 28.5 Å². The van der Waals surface area contributed by atoms with E-state index in [4.69, 9.17) is 33.7 Å². The molecule has 1 aromatic rings. The summed E-state index contributed by atoms with van der Waals surface area (Å²) in [5.41, 5.74) is 4.48. The Morgan fingerprint density at radius 1 is 1.42 bits per heavy atom. The molecule has 4 nitrogen and oxygen atoms in total. The van der Waals surface area contributed by atoms with Gasteiger partial charge in [0.25, 0.3) is 0 Å². The molecule has 0 saturated heterocycles. The van der Waals surface area contributed by atoms with Crippen LogP contribution in [0.3, 0.4) is 0 Å². The van der Waals surface area contributed by atoms with E-state index in [2.05, 4.69) is 0 Å². The van der Waals surface area contributed by atoms with Crippen LogP contribution in [-0.2, 0) is 15.1 Å². The van der Waals surface area contributed by atoms with E-state index in [-0.39, 0.29) is 13.0 Å². The Hall–Kier alpha value is -0.810. The number of aliphatic hydroxyl groups is 1. The maximum absolute atomic E-state index is 10.7. The predicted octanol–water partition coefficient (Wildman–Crippen LogP) is 2.48. The van der Waals surface area contributed by atoms with E-state index in [9.17, 15) is 9.90 Å². The van der Waals surface area contributed by atoms with Crippen LogP contribution in [0.4, 0.5) is 0 Å². The van der Waals surface area contributed by atoms with Crippen molar-refractivity contribution in [3.05, 3.63) is 33.8 Å². The molecule has 0 aliphatic heterocycles.